The minimum atomic E-state index is -0.0638. The zero-order valence-corrected chi connectivity index (χ0v) is 10.7. The third-order valence-electron chi connectivity index (χ3n) is 3.94. The highest BCUT2D eigenvalue weighted by molar-refractivity contribution is 5.73. The summed E-state index contributed by atoms with van der Waals surface area (Å²) in [5, 5.41) is 0. The van der Waals surface area contributed by atoms with Crippen LogP contribution in [0.5, 0.6) is 0 Å². The van der Waals surface area contributed by atoms with Crippen LogP contribution in [0.1, 0.15) is 25.7 Å². The fraction of sp³-hybridized carbons (Fsp3) is 0.923. The van der Waals surface area contributed by atoms with Gasteiger partial charge in [0.25, 0.3) is 0 Å². The van der Waals surface area contributed by atoms with Crippen molar-refractivity contribution in [3.05, 3.63) is 0 Å². The summed E-state index contributed by atoms with van der Waals surface area (Å²) < 4.78 is 10.3. The molecule has 2 aliphatic rings. The lowest BCUT2D eigenvalue weighted by Gasteiger charge is -2.31. The van der Waals surface area contributed by atoms with Gasteiger partial charge in [0.1, 0.15) is 0 Å². The van der Waals surface area contributed by atoms with E-state index in [-0.39, 0.29) is 11.9 Å². The van der Waals surface area contributed by atoms with Gasteiger partial charge in [-0.2, -0.15) is 0 Å². The van der Waals surface area contributed by atoms with E-state index in [0.717, 1.165) is 32.7 Å². The number of esters is 1. The molecule has 0 amide bonds. The van der Waals surface area contributed by atoms with Gasteiger partial charge in [0.2, 0.25) is 0 Å². The van der Waals surface area contributed by atoms with Crippen LogP contribution in [0, 0.1) is 11.8 Å². The molecule has 4 nitrogen and oxygen atoms in total. The Labute approximate surface area is 103 Å². The molecule has 0 bridgehead atoms. The van der Waals surface area contributed by atoms with Crippen molar-refractivity contribution >= 4 is 5.97 Å². The first-order chi connectivity index (χ1) is 8.31. The van der Waals surface area contributed by atoms with Gasteiger partial charge < -0.3 is 14.4 Å². The van der Waals surface area contributed by atoms with E-state index in [4.69, 9.17) is 9.47 Å². The third kappa shape index (κ3) is 3.42. The molecule has 98 valence electrons. The molecule has 2 unspecified atom stereocenters. The second-order valence-electron chi connectivity index (χ2n) is 5.11. The summed E-state index contributed by atoms with van der Waals surface area (Å²) in [5.74, 6) is 0.288. The highest BCUT2D eigenvalue weighted by atomic mass is 16.5. The SMILES string of the molecule is COC(=O)C(CN1CCCCC1)C1CCOC1. The van der Waals surface area contributed by atoms with Crippen LogP contribution in [0.15, 0.2) is 0 Å². The van der Waals surface area contributed by atoms with Gasteiger partial charge in [-0.15, -0.1) is 0 Å². The molecule has 2 fully saturated rings. The largest absolute Gasteiger partial charge is 0.469 e. The molecule has 4 heteroatoms. The number of rotatable bonds is 4. The third-order valence-corrected chi connectivity index (χ3v) is 3.94. The van der Waals surface area contributed by atoms with Crippen LogP contribution in [-0.2, 0) is 14.3 Å². The predicted octanol–water partition coefficient (Wildman–Crippen LogP) is 1.30. The first-order valence-electron chi connectivity index (χ1n) is 6.69. The van der Waals surface area contributed by atoms with Crippen LogP contribution >= 0.6 is 0 Å². The van der Waals surface area contributed by atoms with Gasteiger partial charge in [-0.3, -0.25) is 4.79 Å². The smallest absolute Gasteiger partial charge is 0.310 e. The lowest BCUT2D eigenvalue weighted by atomic mass is 9.90. The zero-order chi connectivity index (χ0) is 12.1. The number of nitrogens with zero attached hydrogens (tertiary/aromatic N) is 1. The molecule has 0 aromatic rings. The average molecular weight is 241 g/mol. The lowest BCUT2D eigenvalue weighted by Crippen LogP contribution is -2.40. The molecule has 2 atom stereocenters. The molecule has 0 saturated carbocycles. The number of carbonyl (C=O) groups is 1. The molecule has 17 heavy (non-hydrogen) atoms. The number of carbonyl (C=O) groups excluding carboxylic acids is 1. The van der Waals surface area contributed by atoms with Crippen LogP contribution in [-0.4, -0.2) is 50.8 Å². The second-order valence-corrected chi connectivity index (χ2v) is 5.11. The van der Waals surface area contributed by atoms with E-state index >= 15 is 0 Å². The highest BCUT2D eigenvalue weighted by Gasteiger charge is 2.33. The van der Waals surface area contributed by atoms with E-state index in [0.29, 0.717) is 12.5 Å². The number of methoxy groups -OCH3 is 1. The molecule has 0 spiro atoms. The molecule has 2 heterocycles. The predicted molar refractivity (Wildman–Crippen MR) is 64.7 cm³/mol. The Balaban J connectivity index is 1.91. The van der Waals surface area contributed by atoms with Crippen molar-refractivity contribution in [2.45, 2.75) is 25.7 Å². The Morgan fingerprint density at radius 2 is 2.18 bits per heavy atom. The average Bonchev–Trinajstić information content (AvgIpc) is 2.90. The zero-order valence-electron chi connectivity index (χ0n) is 10.7. The Hall–Kier alpha value is -0.610. The van der Waals surface area contributed by atoms with E-state index < -0.39 is 0 Å². The maximum absolute atomic E-state index is 11.9. The summed E-state index contributed by atoms with van der Waals surface area (Å²) in [5.41, 5.74) is 0. The number of ether oxygens (including phenoxy) is 2. The molecule has 0 N–H and O–H groups in total. The second kappa shape index (κ2) is 6.36. The van der Waals surface area contributed by atoms with Crippen LogP contribution in [0.25, 0.3) is 0 Å². The van der Waals surface area contributed by atoms with E-state index in [2.05, 4.69) is 4.90 Å². The first-order valence-corrected chi connectivity index (χ1v) is 6.69. The van der Waals surface area contributed by atoms with Crippen molar-refractivity contribution in [3.63, 3.8) is 0 Å². The van der Waals surface area contributed by atoms with Crippen LogP contribution in [0.3, 0.4) is 0 Å². The maximum atomic E-state index is 11.9. The summed E-state index contributed by atoms with van der Waals surface area (Å²) in [7, 11) is 1.49. The Bertz CT molecular complexity index is 245. The summed E-state index contributed by atoms with van der Waals surface area (Å²) in [6.07, 6.45) is 4.84. The number of hydrogen-bond acceptors (Lipinski definition) is 4. The first kappa shape index (κ1) is 12.8. The highest BCUT2D eigenvalue weighted by Crippen LogP contribution is 2.25. The van der Waals surface area contributed by atoms with Gasteiger partial charge in [-0.05, 0) is 38.3 Å². The summed E-state index contributed by atoms with van der Waals surface area (Å²) in [4.78, 5) is 14.3. The van der Waals surface area contributed by atoms with Gasteiger partial charge in [0.15, 0.2) is 0 Å². The minimum absolute atomic E-state index is 0.000556. The molecule has 2 saturated heterocycles. The van der Waals surface area contributed by atoms with Gasteiger partial charge in [0.05, 0.1) is 19.6 Å². The minimum Gasteiger partial charge on any atom is -0.469 e. The molecule has 0 aromatic carbocycles. The summed E-state index contributed by atoms with van der Waals surface area (Å²) in [6.45, 7) is 4.61. The van der Waals surface area contributed by atoms with Crippen LogP contribution < -0.4 is 0 Å². The number of piperidine rings is 1. The molecule has 0 aromatic heterocycles. The Morgan fingerprint density at radius 3 is 2.76 bits per heavy atom. The number of hydrogen-bond donors (Lipinski definition) is 0. The maximum Gasteiger partial charge on any atom is 0.310 e. The van der Waals surface area contributed by atoms with Crippen molar-refractivity contribution in [2.75, 3.05) is 40.0 Å². The monoisotopic (exact) mass is 241 g/mol. The van der Waals surface area contributed by atoms with Crippen molar-refractivity contribution in [1.82, 2.24) is 4.90 Å². The standard InChI is InChI=1S/C13H23NO3/c1-16-13(15)12(11-5-8-17-10-11)9-14-6-3-2-4-7-14/h11-12H,2-10H2,1H3. The normalized spacial score (nSPS) is 27.9. The van der Waals surface area contributed by atoms with Gasteiger partial charge in [-0.25, -0.2) is 0 Å². The van der Waals surface area contributed by atoms with Crippen molar-refractivity contribution in [1.29, 1.82) is 0 Å². The van der Waals surface area contributed by atoms with E-state index in [9.17, 15) is 4.79 Å². The van der Waals surface area contributed by atoms with E-state index in [1.54, 1.807) is 0 Å². The number of likely N-dealkylation sites (tertiary alicyclic amines) is 1. The Morgan fingerprint density at radius 1 is 1.41 bits per heavy atom. The van der Waals surface area contributed by atoms with Crippen molar-refractivity contribution in [3.8, 4) is 0 Å². The molecule has 2 rings (SSSR count). The quantitative estimate of drug-likeness (QED) is 0.695. The van der Waals surface area contributed by atoms with Crippen molar-refractivity contribution in [2.24, 2.45) is 11.8 Å². The molecular formula is C13H23NO3. The summed E-state index contributed by atoms with van der Waals surface area (Å²) in [6, 6.07) is 0. The van der Waals surface area contributed by atoms with Crippen LogP contribution in [0.2, 0.25) is 0 Å². The summed E-state index contributed by atoms with van der Waals surface area (Å²) >= 11 is 0. The molecule has 0 radical (unpaired) electrons. The fourth-order valence-corrected chi connectivity index (χ4v) is 2.86. The van der Waals surface area contributed by atoms with E-state index in [1.165, 1.54) is 26.4 Å². The Kier molecular flexibility index (Phi) is 4.80. The van der Waals surface area contributed by atoms with Gasteiger partial charge >= 0.3 is 5.97 Å². The van der Waals surface area contributed by atoms with Crippen molar-refractivity contribution < 1.29 is 14.3 Å². The molecular weight excluding hydrogens is 218 g/mol. The lowest BCUT2D eigenvalue weighted by molar-refractivity contribution is -0.148. The topological polar surface area (TPSA) is 38.8 Å². The fourth-order valence-electron chi connectivity index (χ4n) is 2.86. The molecule has 0 aliphatic carbocycles. The van der Waals surface area contributed by atoms with Gasteiger partial charge in [0, 0.05) is 13.2 Å². The van der Waals surface area contributed by atoms with Crippen LogP contribution in [0.4, 0.5) is 0 Å². The van der Waals surface area contributed by atoms with E-state index in [1.807, 2.05) is 0 Å². The van der Waals surface area contributed by atoms with Gasteiger partial charge in [-0.1, -0.05) is 6.42 Å². The molecule has 2 aliphatic heterocycles.